The van der Waals surface area contributed by atoms with Gasteiger partial charge in [-0.05, 0) is 49.2 Å². The van der Waals surface area contributed by atoms with Gasteiger partial charge in [-0.15, -0.1) is 0 Å². The van der Waals surface area contributed by atoms with Crippen LogP contribution in [0.3, 0.4) is 0 Å². The summed E-state index contributed by atoms with van der Waals surface area (Å²) in [5, 5.41) is 2.10. The lowest BCUT2D eigenvalue weighted by molar-refractivity contribution is -0.480. The first kappa shape index (κ1) is 21.0. The van der Waals surface area contributed by atoms with Crippen LogP contribution in [0.4, 0.5) is 5.69 Å². The van der Waals surface area contributed by atoms with E-state index < -0.39 is 0 Å². The van der Waals surface area contributed by atoms with E-state index in [1.165, 1.54) is 5.56 Å². The molecule has 1 aliphatic heterocycles. The van der Waals surface area contributed by atoms with Gasteiger partial charge in [-0.1, -0.05) is 0 Å². The van der Waals surface area contributed by atoms with Crippen molar-refractivity contribution in [2.24, 2.45) is 0 Å². The number of benzene rings is 3. The second-order valence-electron chi connectivity index (χ2n) is 8.05. The average Bonchev–Trinajstić information content (AvgIpc) is 2.77. The van der Waals surface area contributed by atoms with Crippen LogP contribution in [-0.2, 0) is 6.42 Å². The van der Waals surface area contributed by atoms with Gasteiger partial charge in [0.05, 0.1) is 44.8 Å². The molecule has 0 bridgehead atoms. The van der Waals surface area contributed by atoms with Crippen molar-refractivity contribution in [2.45, 2.75) is 33.2 Å². The van der Waals surface area contributed by atoms with Crippen molar-refractivity contribution in [2.75, 3.05) is 28.4 Å². The Bertz CT molecular complexity index is 1200. The standard InChI is InChI=1S/C26H30NO4/c1-15-10-20-21(8-9-22(29-5)26(20)23(11-15)30-6)27-16(2)12-18-13-19(28-4)14-24(31-7)25(18)17(27)3/h8-11,13-14,16H,12H2,1-7H3/q+1/t16-/m1/s1. The highest BCUT2D eigenvalue weighted by atomic mass is 16.5. The Hall–Kier alpha value is -3.21. The molecule has 5 nitrogen and oxygen atoms in total. The lowest BCUT2D eigenvalue weighted by Gasteiger charge is -2.25. The third-order valence-corrected chi connectivity index (χ3v) is 6.15. The fraction of sp³-hybridized carbons (Fsp3) is 0.346. The van der Waals surface area contributed by atoms with Gasteiger partial charge in [0.2, 0.25) is 5.69 Å². The van der Waals surface area contributed by atoms with Gasteiger partial charge < -0.3 is 18.9 Å². The third kappa shape index (κ3) is 3.38. The van der Waals surface area contributed by atoms with Crippen molar-refractivity contribution < 1.29 is 23.5 Å². The maximum Gasteiger partial charge on any atom is 0.213 e. The summed E-state index contributed by atoms with van der Waals surface area (Å²) in [5.74, 6) is 3.27. The molecule has 0 saturated heterocycles. The van der Waals surface area contributed by atoms with Crippen LogP contribution >= 0.6 is 0 Å². The van der Waals surface area contributed by atoms with Gasteiger partial charge in [0.15, 0.2) is 11.8 Å². The molecule has 0 aliphatic carbocycles. The molecule has 0 N–H and O–H groups in total. The average molecular weight is 421 g/mol. The first-order valence-corrected chi connectivity index (χ1v) is 10.5. The van der Waals surface area contributed by atoms with Crippen LogP contribution in [-0.4, -0.2) is 44.8 Å². The molecule has 0 unspecified atom stereocenters. The fourth-order valence-corrected chi connectivity index (χ4v) is 4.85. The first-order valence-electron chi connectivity index (χ1n) is 10.5. The summed E-state index contributed by atoms with van der Waals surface area (Å²) < 4.78 is 25.1. The van der Waals surface area contributed by atoms with E-state index in [4.69, 9.17) is 18.9 Å². The molecule has 0 amide bonds. The highest BCUT2D eigenvalue weighted by Gasteiger charge is 2.34. The minimum atomic E-state index is 0.257. The maximum absolute atomic E-state index is 5.76. The van der Waals surface area contributed by atoms with E-state index >= 15 is 0 Å². The third-order valence-electron chi connectivity index (χ3n) is 6.15. The Balaban J connectivity index is 2.06. The van der Waals surface area contributed by atoms with E-state index in [9.17, 15) is 0 Å². The van der Waals surface area contributed by atoms with Crippen LogP contribution in [0.25, 0.3) is 10.8 Å². The molecule has 1 atom stereocenters. The van der Waals surface area contributed by atoms with Gasteiger partial charge >= 0.3 is 0 Å². The van der Waals surface area contributed by atoms with Gasteiger partial charge in [-0.3, -0.25) is 0 Å². The zero-order valence-corrected chi connectivity index (χ0v) is 19.3. The Labute approximate surface area is 183 Å². The molecule has 0 saturated carbocycles. The quantitative estimate of drug-likeness (QED) is 0.527. The van der Waals surface area contributed by atoms with Crippen LogP contribution in [0.2, 0.25) is 0 Å². The Kier molecular flexibility index (Phi) is 5.52. The highest BCUT2D eigenvalue weighted by molar-refractivity contribution is 6.04. The number of nitrogens with zero attached hydrogens (tertiary/aromatic N) is 1. The summed E-state index contributed by atoms with van der Waals surface area (Å²) in [6.07, 6.45) is 0.886. The number of hydrogen-bond donors (Lipinski definition) is 0. The summed E-state index contributed by atoms with van der Waals surface area (Å²) in [6.45, 7) is 6.50. The second-order valence-corrected chi connectivity index (χ2v) is 8.05. The van der Waals surface area contributed by atoms with E-state index in [0.717, 1.165) is 62.7 Å². The van der Waals surface area contributed by atoms with Gasteiger partial charge in [-0.2, -0.15) is 4.58 Å². The molecule has 0 radical (unpaired) electrons. The molecule has 0 spiro atoms. The number of rotatable bonds is 5. The van der Waals surface area contributed by atoms with Gasteiger partial charge in [0.25, 0.3) is 0 Å². The van der Waals surface area contributed by atoms with Gasteiger partial charge in [-0.25, -0.2) is 0 Å². The summed E-state index contributed by atoms with van der Waals surface area (Å²) in [6, 6.07) is 12.8. The number of methoxy groups -OCH3 is 4. The monoisotopic (exact) mass is 420 g/mol. The zero-order valence-electron chi connectivity index (χ0n) is 19.3. The Morgan fingerprint density at radius 2 is 1.52 bits per heavy atom. The number of hydrogen-bond acceptors (Lipinski definition) is 4. The van der Waals surface area contributed by atoms with E-state index in [2.05, 4.69) is 49.6 Å². The van der Waals surface area contributed by atoms with Gasteiger partial charge in [0, 0.05) is 25.5 Å². The lowest BCUT2D eigenvalue weighted by Crippen LogP contribution is -2.33. The van der Waals surface area contributed by atoms with Crippen molar-refractivity contribution in [3.63, 3.8) is 0 Å². The van der Waals surface area contributed by atoms with E-state index in [1.807, 2.05) is 12.1 Å². The van der Waals surface area contributed by atoms with E-state index in [-0.39, 0.29) is 6.04 Å². The van der Waals surface area contributed by atoms with Crippen molar-refractivity contribution in [1.82, 2.24) is 0 Å². The van der Waals surface area contributed by atoms with Crippen LogP contribution < -0.4 is 18.9 Å². The van der Waals surface area contributed by atoms with Crippen molar-refractivity contribution in [3.8, 4) is 23.0 Å². The van der Waals surface area contributed by atoms with E-state index in [1.54, 1.807) is 28.4 Å². The molecular formula is C26H30NO4+. The van der Waals surface area contributed by atoms with Crippen LogP contribution in [0.5, 0.6) is 23.0 Å². The fourth-order valence-electron chi connectivity index (χ4n) is 4.85. The molecule has 3 aromatic rings. The molecule has 4 rings (SSSR count). The van der Waals surface area contributed by atoms with Gasteiger partial charge in [0.1, 0.15) is 23.0 Å². The zero-order chi connectivity index (χ0) is 22.3. The summed E-state index contributed by atoms with van der Waals surface area (Å²) in [5.41, 5.74) is 5.80. The first-order chi connectivity index (χ1) is 14.9. The maximum atomic E-state index is 5.76. The molecule has 31 heavy (non-hydrogen) atoms. The predicted octanol–water partition coefficient (Wildman–Crippen LogP) is 5.28. The minimum absolute atomic E-state index is 0.257. The molecule has 3 aromatic carbocycles. The molecule has 0 fully saturated rings. The van der Waals surface area contributed by atoms with Crippen molar-refractivity contribution >= 4 is 22.2 Å². The molecule has 1 heterocycles. The lowest BCUT2D eigenvalue weighted by atomic mass is 9.91. The van der Waals surface area contributed by atoms with Crippen LogP contribution in [0.1, 0.15) is 30.5 Å². The summed E-state index contributed by atoms with van der Waals surface area (Å²) in [7, 11) is 6.80. The largest absolute Gasteiger partial charge is 0.497 e. The molecule has 5 heteroatoms. The van der Waals surface area contributed by atoms with Crippen LogP contribution in [0.15, 0.2) is 36.4 Å². The summed E-state index contributed by atoms with van der Waals surface area (Å²) in [4.78, 5) is 0. The smallest absolute Gasteiger partial charge is 0.213 e. The number of fused-ring (bicyclic) bond motifs is 2. The molecule has 1 aliphatic rings. The molecule has 162 valence electrons. The van der Waals surface area contributed by atoms with Crippen molar-refractivity contribution in [3.05, 3.63) is 53.1 Å². The molecule has 0 aromatic heterocycles. The highest BCUT2D eigenvalue weighted by Crippen LogP contribution is 2.42. The van der Waals surface area contributed by atoms with Crippen LogP contribution in [0, 0.1) is 6.92 Å². The normalized spacial score (nSPS) is 15.6. The Morgan fingerprint density at radius 1 is 0.806 bits per heavy atom. The second kappa shape index (κ2) is 8.14. The molecular weight excluding hydrogens is 390 g/mol. The topological polar surface area (TPSA) is 39.9 Å². The summed E-state index contributed by atoms with van der Waals surface area (Å²) >= 11 is 0. The van der Waals surface area contributed by atoms with Crippen molar-refractivity contribution in [1.29, 1.82) is 0 Å². The number of aryl methyl sites for hydroxylation is 1. The minimum Gasteiger partial charge on any atom is -0.497 e. The van der Waals surface area contributed by atoms with E-state index in [0.29, 0.717) is 0 Å². The Morgan fingerprint density at radius 3 is 2.16 bits per heavy atom. The number of ether oxygens (including phenoxy) is 4. The predicted molar refractivity (Wildman–Crippen MR) is 124 cm³/mol. The SMILES string of the molecule is COc1cc2c(c(OC)c1)C(C)=[N+](c1ccc(OC)c3c(OC)cc(C)cc13)[C@H](C)C2.